The van der Waals surface area contributed by atoms with Gasteiger partial charge in [-0.3, -0.25) is 9.69 Å². The van der Waals surface area contributed by atoms with Crippen LogP contribution in [0.2, 0.25) is 0 Å². The average molecular weight is 370 g/mol. The quantitative estimate of drug-likeness (QED) is 0.735. The summed E-state index contributed by atoms with van der Waals surface area (Å²) in [6.45, 7) is 4.74. The fraction of sp³-hybridized carbons (Fsp3) is 0.381. The molecule has 0 radical (unpaired) electrons. The lowest BCUT2D eigenvalue weighted by Gasteiger charge is -2.20. The van der Waals surface area contributed by atoms with Crippen molar-refractivity contribution in [1.29, 1.82) is 0 Å². The Balaban J connectivity index is 1.47. The van der Waals surface area contributed by atoms with Crippen LogP contribution in [0.5, 0.6) is 17.2 Å². The van der Waals surface area contributed by atoms with Crippen LogP contribution in [0.25, 0.3) is 0 Å². The van der Waals surface area contributed by atoms with Crippen molar-refractivity contribution in [1.82, 2.24) is 10.2 Å². The first-order valence-electron chi connectivity index (χ1n) is 9.19. The molecule has 0 saturated carbocycles. The second kappa shape index (κ2) is 9.28. The second-order valence-electron chi connectivity index (χ2n) is 6.40. The number of amides is 1. The minimum Gasteiger partial charge on any atom is -0.496 e. The maximum absolute atomic E-state index is 12.3. The fourth-order valence-electron chi connectivity index (χ4n) is 3.08. The average Bonchev–Trinajstić information content (AvgIpc) is 3.15. The zero-order valence-corrected chi connectivity index (χ0v) is 15.9. The van der Waals surface area contributed by atoms with Crippen molar-refractivity contribution in [2.45, 2.75) is 19.9 Å². The molecule has 0 aromatic heterocycles. The molecule has 0 atom stereocenters. The summed E-state index contributed by atoms with van der Waals surface area (Å²) >= 11 is 0. The van der Waals surface area contributed by atoms with E-state index < -0.39 is 0 Å². The summed E-state index contributed by atoms with van der Waals surface area (Å²) in [7, 11) is 1.66. The maximum atomic E-state index is 12.3. The van der Waals surface area contributed by atoms with Gasteiger partial charge < -0.3 is 19.5 Å². The number of nitrogens with zero attached hydrogens (tertiary/aromatic N) is 1. The van der Waals surface area contributed by atoms with E-state index in [0.717, 1.165) is 41.3 Å². The normalized spacial score (nSPS) is 12.3. The minimum absolute atomic E-state index is 0.0208. The van der Waals surface area contributed by atoms with Crippen LogP contribution < -0.4 is 19.5 Å². The van der Waals surface area contributed by atoms with E-state index in [4.69, 9.17) is 14.2 Å². The van der Waals surface area contributed by atoms with Crippen LogP contribution in [0.3, 0.4) is 0 Å². The smallest absolute Gasteiger partial charge is 0.234 e. The lowest BCUT2D eigenvalue weighted by atomic mass is 10.1. The number of carbonyl (C=O) groups is 1. The molecule has 2 aromatic rings. The molecule has 0 unspecified atom stereocenters. The Bertz CT molecular complexity index is 779. The van der Waals surface area contributed by atoms with Gasteiger partial charge in [0.2, 0.25) is 12.7 Å². The van der Waals surface area contributed by atoms with Crippen molar-refractivity contribution in [2.75, 3.05) is 33.5 Å². The summed E-state index contributed by atoms with van der Waals surface area (Å²) < 4.78 is 16.1. The molecule has 0 saturated heterocycles. The van der Waals surface area contributed by atoms with Crippen molar-refractivity contribution >= 4 is 5.91 Å². The van der Waals surface area contributed by atoms with Gasteiger partial charge in [0.1, 0.15) is 5.75 Å². The third-order valence-electron chi connectivity index (χ3n) is 4.57. The van der Waals surface area contributed by atoms with Crippen LogP contribution in [0.4, 0.5) is 0 Å². The number of fused-ring (bicyclic) bond motifs is 1. The van der Waals surface area contributed by atoms with Crippen LogP contribution in [-0.4, -0.2) is 44.3 Å². The molecule has 1 N–H and O–H groups in total. The van der Waals surface area contributed by atoms with Crippen molar-refractivity contribution < 1.29 is 19.0 Å². The van der Waals surface area contributed by atoms with Gasteiger partial charge in [-0.1, -0.05) is 31.2 Å². The van der Waals surface area contributed by atoms with Crippen LogP contribution >= 0.6 is 0 Å². The van der Waals surface area contributed by atoms with Gasteiger partial charge in [0.05, 0.1) is 13.7 Å². The van der Waals surface area contributed by atoms with Gasteiger partial charge in [-0.2, -0.15) is 0 Å². The molecule has 1 aliphatic heterocycles. The highest BCUT2D eigenvalue weighted by Gasteiger charge is 2.15. The third-order valence-corrected chi connectivity index (χ3v) is 4.57. The van der Waals surface area contributed by atoms with E-state index in [-0.39, 0.29) is 12.7 Å². The van der Waals surface area contributed by atoms with E-state index >= 15 is 0 Å². The minimum atomic E-state index is 0.0208. The Morgan fingerprint density at radius 3 is 2.81 bits per heavy atom. The summed E-state index contributed by atoms with van der Waals surface area (Å²) in [5.74, 6) is 2.41. The standard InChI is InChI=1S/C21H26N2O4/c1-3-23(13-16-8-9-19-20(12-16)27-15-26-19)14-21(24)22-11-10-17-6-4-5-7-18(17)25-2/h4-9,12H,3,10-11,13-15H2,1-2H3,(H,22,24). The van der Waals surface area contributed by atoms with E-state index in [0.29, 0.717) is 19.6 Å². The molecule has 0 aliphatic carbocycles. The number of nitrogens with one attached hydrogen (secondary N) is 1. The zero-order chi connectivity index (χ0) is 19.1. The lowest BCUT2D eigenvalue weighted by molar-refractivity contribution is -0.122. The number of benzene rings is 2. The van der Waals surface area contributed by atoms with Crippen molar-refractivity contribution in [3.63, 3.8) is 0 Å². The number of ether oxygens (including phenoxy) is 3. The Morgan fingerprint density at radius 1 is 1.19 bits per heavy atom. The highest BCUT2D eigenvalue weighted by Crippen LogP contribution is 2.32. The SMILES string of the molecule is CCN(CC(=O)NCCc1ccccc1OC)Cc1ccc2c(c1)OCO2. The predicted octanol–water partition coefficient (Wildman–Crippen LogP) is 2.60. The number of para-hydroxylation sites is 1. The van der Waals surface area contributed by atoms with Crippen LogP contribution in [-0.2, 0) is 17.8 Å². The molecule has 0 bridgehead atoms. The molecular formula is C21H26N2O4. The lowest BCUT2D eigenvalue weighted by Crippen LogP contribution is -2.37. The Hall–Kier alpha value is -2.73. The van der Waals surface area contributed by atoms with E-state index in [2.05, 4.69) is 17.1 Å². The number of methoxy groups -OCH3 is 1. The van der Waals surface area contributed by atoms with Crippen molar-refractivity contribution in [3.05, 3.63) is 53.6 Å². The third kappa shape index (κ3) is 5.14. The topological polar surface area (TPSA) is 60.0 Å². The zero-order valence-electron chi connectivity index (χ0n) is 15.9. The van der Waals surface area contributed by atoms with Gasteiger partial charge in [-0.15, -0.1) is 0 Å². The monoisotopic (exact) mass is 370 g/mol. The van der Waals surface area contributed by atoms with Crippen molar-refractivity contribution in [3.8, 4) is 17.2 Å². The first kappa shape index (κ1) is 19.0. The first-order valence-corrected chi connectivity index (χ1v) is 9.19. The summed E-state index contributed by atoms with van der Waals surface area (Å²) in [6.07, 6.45) is 0.740. The summed E-state index contributed by atoms with van der Waals surface area (Å²) in [6, 6.07) is 13.8. The number of likely N-dealkylation sites (N-methyl/N-ethyl adjacent to an activating group) is 1. The fourth-order valence-corrected chi connectivity index (χ4v) is 3.08. The van der Waals surface area contributed by atoms with Gasteiger partial charge >= 0.3 is 0 Å². The summed E-state index contributed by atoms with van der Waals surface area (Å²) in [5.41, 5.74) is 2.19. The maximum Gasteiger partial charge on any atom is 0.234 e. The molecule has 27 heavy (non-hydrogen) atoms. The number of hydrogen-bond acceptors (Lipinski definition) is 5. The summed E-state index contributed by atoms with van der Waals surface area (Å²) in [4.78, 5) is 14.4. The van der Waals surface area contributed by atoms with Crippen molar-refractivity contribution in [2.24, 2.45) is 0 Å². The molecular weight excluding hydrogens is 344 g/mol. The van der Waals surface area contributed by atoms with Gasteiger partial charge in [0.15, 0.2) is 11.5 Å². The Labute approximate surface area is 160 Å². The van der Waals surface area contributed by atoms with Gasteiger partial charge in [-0.05, 0) is 42.3 Å². The highest BCUT2D eigenvalue weighted by molar-refractivity contribution is 5.78. The highest BCUT2D eigenvalue weighted by atomic mass is 16.7. The van der Waals surface area contributed by atoms with Gasteiger partial charge in [0.25, 0.3) is 0 Å². The molecule has 2 aromatic carbocycles. The summed E-state index contributed by atoms with van der Waals surface area (Å²) in [5, 5.41) is 2.99. The van der Waals surface area contributed by atoms with Crippen LogP contribution in [0, 0.1) is 0 Å². The van der Waals surface area contributed by atoms with Gasteiger partial charge in [-0.25, -0.2) is 0 Å². The largest absolute Gasteiger partial charge is 0.496 e. The predicted molar refractivity (Wildman–Crippen MR) is 103 cm³/mol. The number of rotatable bonds is 9. The van der Waals surface area contributed by atoms with E-state index in [1.807, 2.05) is 42.5 Å². The molecule has 1 heterocycles. The van der Waals surface area contributed by atoms with E-state index in [1.165, 1.54) is 0 Å². The molecule has 1 aliphatic rings. The molecule has 6 heteroatoms. The molecule has 6 nitrogen and oxygen atoms in total. The van der Waals surface area contributed by atoms with Crippen LogP contribution in [0.1, 0.15) is 18.1 Å². The molecule has 144 valence electrons. The molecule has 3 rings (SSSR count). The Morgan fingerprint density at radius 2 is 2.00 bits per heavy atom. The number of hydrogen-bond donors (Lipinski definition) is 1. The first-order chi connectivity index (χ1) is 13.2. The number of carbonyl (C=O) groups excluding carboxylic acids is 1. The molecule has 0 spiro atoms. The Kier molecular flexibility index (Phi) is 6.54. The molecule has 1 amide bonds. The van der Waals surface area contributed by atoms with E-state index in [1.54, 1.807) is 7.11 Å². The second-order valence-corrected chi connectivity index (χ2v) is 6.40. The van der Waals surface area contributed by atoms with E-state index in [9.17, 15) is 4.79 Å². The molecule has 0 fully saturated rings. The van der Waals surface area contributed by atoms with Crippen LogP contribution in [0.15, 0.2) is 42.5 Å². The van der Waals surface area contributed by atoms with Gasteiger partial charge in [0, 0.05) is 13.1 Å².